The maximum absolute atomic E-state index is 4.52. The SMILES string of the molecule is CCNC1CCCCCC1Cc1ccn(C)n1. The highest BCUT2D eigenvalue weighted by Gasteiger charge is 2.23. The van der Waals surface area contributed by atoms with Crippen molar-refractivity contribution in [2.45, 2.75) is 51.5 Å². The second-order valence-electron chi connectivity index (χ2n) is 5.25. The maximum Gasteiger partial charge on any atom is 0.0627 e. The molecule has 1 heterocycles. The Kier molecular flexibility index (Phi) is 4.60. The fourth-order valence-corrected chi connectivity index (χ4v) is 3.00. The van der Waals surface area contributed by atoms with Crippen molar-refractivity contribution >= 4 is 0 Å². The van der Waals surface area contributed by atoms with E-state index in [1.54, 1.807) is 0 Å². The summed E-state index contributed by atoms with van der Waals surface area (Å²) < 4.78 is 1.91. The third-order valence-corrected chi connectivity index (χ3v) is 3.87. The van der Waals surface area contributed by atoms with Crippen molar-refractivity contribution in [3.05, 3.63) is 18.0 Å². The van der Waals surface area contributed by atoms with E-state index in [0.717, 1.165) is 18.9 Å². The molecular weight excluding hydrogens is 210 g/mol. The van der Waals surface area contributed by atoms with E-state index in [9.17, 15) is 0 Å². The lowest BCUT2D eigenvalue weighted by atomic mass is 9.90. The number of aromatic nitrogens is 2. The summed E-state index contributed by atoms with van der Waals surface area (Å²) in [6.07, 6.45) is 10.1. The number of rotatable bonds is 4. The molecule has 96 valence electrons. The molecule has 1 aliphatic rings. The molecule has 0 aliphatic heterocycles. The molecule has 2 unspecified atom stereocenters. The highest BCUT2D eigenvalue weighted by molar-refractivity contribution is 5.01. The Morgan fingerprint density at radius 3 is 2.88 bits per heavy atom. The van der Waals surface area contributed by atoms with Gasteiger partial charge in [-0.15, -0.1) is 0 Å². The molecule has 0 saturated heterocycles. The second kappa shape index (κ2) is 6.20. The largest absolute Gasteiger partial charge is 0.314 e. The molecule has 1 saturated carbocycles. The monoisotopic (exact) mass is 235 g/mol. The van der Waals surface area contributed by atoms with Crippen LogP contribution >= 0.6 is 0 Å². The van der Waals surface area contributed by atoms with Crippen LogP contribution in [0.15, 0.2) is 12.3 Å². The van der Waals surface area contributed by atoms with Gasteiger partial charge in [0.2, 0.25) is 0 Å². The Morgan fingerprint density at radius 2 is 2.18 bits per heavy atom. The minimum atomic E-state index is 0.699. The van der Waals surface area contributed by atoms with Gasteiger partial charge in [-0.05, 0) is 37.8 Å². The summed E-state index contributed by atoms with van der Waals surface area (Å²) in [5.74, 6) is 0.771. The number of nitrogens with one attached hydrogen (secondary N) is 1. The van der Waals surface area contributed by atoms with Crippen molar-refractivity contribution in [1.82, 2.24) is 15.1 Å². The van der Waals surface area contributed by atoms with E-state index < -0.39 is 0 Å². The highest BCUT2D eigenvalue weighted by atomic mass is 15.2. The van der Waals surface area contributed by atoms with Crippen molar-refractivity contribution in [1.29, 1.82) is 0 Å². The standard InChI is InChI=1S/C14H25N3/c1-3-15-14-8-6-4-5-7-12(14)11-13-9-10-17(2)16-13/h9-10,12,14-15H,3-8,11H2,1-2H3. The number of hydrogen-bond donors (Lipinski definition) is 1. The molecule has 3 nitrogen and oxygen atoms in total. The molecular formula is C14H25N3. The second-order valence-corrected chi connectivity index (χ2v) is 5.25. The van der Waals surface area contributed by atoms with Gasteiger partial charge in [-0.1, -0.05) is 26.2 Å². The summed E-state index contributed by atoms with van der Waals surface area (Å²) in [6.45, 7) is 3.30. The molecule has 17 heavy (non-hydrogen) atoms. The Balaban J connectivity index is 1.99. The maximum atomic E-state index is 4.52. The zero-order chi connectivity index (χ0) is 12.1. The molecule has 3 heteroatoms. The first-order valence-electron chi connectivity index (χ1n) is 7.01. The van der Waals surface area contributed by atoms with Crippen LogP contribution in [-0.2, 0) is 13.5 Å². The van der Waals surface area contributed by atoms with Crippen LogP contribution in [-0.4, -0.2) is 22.4 Å². The van der Waals surface area contributed by atoms with Gasteiger partial charge in [-0.25, -0.2) is 0 Å². The van der Waals surface area contributed by atoms with Crippen molar-refractivity contribution in [3.8, 4) is 0 Å². The van der Waals surface area contributed by atoms with Crippen LogP contribution in [0.1, 0.15) is 44.7 Å². The number of aryl methyl sites for hydroxylation is 1. The Morgan fingerprint density at radius 1 is 1.35 bits per heavy atom. The van der Waals surface area contributed by atoms with Crippen molar-refractivity contribution in [2.24, 2.45) is 13.0 Å². The van der Waals surface area contributed by atoms with Gasteiger partial charge >= 0.3 is 0 Å². The fraction of sp³-hybridized carbons (Fsp3) is 0.786. The average molecular weight is 235 g/mol. The van der Waals surface area contributed by atoms with Crippen molar-refractivity contribution < 1.29 is 0 Å². The zero-order valence-corrected chi connectivity index (χ0v) is 11.2. The van der Waals surface area contributed by atoms with Crippen molar-refractivity contribution in [2.75, 3.05) is 6.54 Å². The summed E-state index contributed by atoms with van der Waals surface area (Å²) in [4.78, 5) is 0. The van der Waals surface area contributed by atoms with Gasteiger partial charge in [0.05, 0.1) is 5.69 Å². The Hall–Kier alpha value is -0.830. The van der Waals surface area contributed by atoms with Gasteiger partial charge in [0.25, 0.3) is 0 Å². The van der Waals surface area contributed by atoms with Gasteiger partial charge in [0.15, 0.2) is 0 Å². The quantitative estimate of drug-likeness (QED) is 0.813. The molecule has 1 fully saturated rings. The summed E-state index contributed by atoms with van der Waals surface area (Å²) in [6, 6.07) is 2.86. The lowest BCUT2D eigenvalue weighted by Crippen LogP contribution is -2.36. The minimum absolute atomic E-state index is 0.699. The van der Waals surface area contributed by atoms with Crippen LogP contribution in [0.25, 0.3) is 0 Å². The highest BCUT2D eigenvalue weighted by Crippen LogP contribution is 2.26. The number of hydrogen-bond acceptors (Lipinski definition) is 2. The lowest BCUT2D eigenvalue weighted by molar-refractivity contribution is 0.334. The van der Waals surface area contributed by atoms with E-state index in [1.165, 1.54) is 37.8 Å². The zero-order valence-electron chi connectivity index (χ0n) is 11.2. The predicted molar refractivity (Wildman–Crippen MR) is 71.0 cm³/mol. The van der Waals surface area contributed by atoms with Gasteiger partial charge in [0.1, 0.15) is 0 Å². The van der Waals surface area contributed by atoms with Crippen LogP contribution in [0.4, 0.5) is 0 Å². The molecule has 0 spiro atoms. The summed E-state index contributed by atoms with van der Waals surface area (Å²) >= 11 is 0. The van der Waals surface area contributed by atoms with E-state index in [2.05, 4.69) is 23.4 Å². The first kappa shape index (κ1) is 12.6. The first-order valence-corrected chi connectivity index (χ1v) is 7.01. The molecule has 0 bridgehead atoms. The molecule has 1 aromatic heterocycles. The summed E-state index contributed by atoms with van der Waals surface area (Å²) in [7, 11) is 2.00. The molecule has 0 aromatic carbocycles. The fourth-order valence-electron chi connectivity index (χ4n) is 3.00. The minimum Gasteiger partial charge on any atom is -0.314 e. The molecule has 1 aliphatic carbocycles. The molecule has 2 rings (SSSR count). The van der Waals surface area contributed by atoms with Crippen LogP contribution in [0, 0.1) is 5.92 Å². The number of nitrogens with zero attached hydrogens (tertiary/aromatic N) is 2. The van der Waals surface area contributed by atoms with E-state index in [0.29, 0.717) is 6.04 Å². The molecule has 1 aromatic rings. The molecule has 2 atom stereocenters. The molecule has 1 N–H and O–H groups in total. The van der Waals surface area contributed by atoms with Crippen LogP contribution in [0.5, 0.6) is 0 Å². The van der Waals surface area contributed by atoms with E-state index in [1.807, 2.05) is 17.9 Å². The molecule has 0 amide bonds. The van der Waals surface area contributed by atoms with E-state index in [4.69, 9.17) is 0 Å². The van der Waals surface area contributed by atoms with E-state index >= 15 is 0 Å². The summed E-state index contributed by atoms with van der Waals surface area (Å²) in [5.41, 5.74) is 1.25. The van der Waals surface area contributed by atoms with E-state index in [-0.39, 0.29) is 0 Å². The molecule has 0 radical (unpaired) electrons. The third-order valence-electron chi connectivity index (χ3n) is 3.87. The van der Waals surface area contributed by atoms with Gasteiger partial charge in [-0.3, -0.25) is 4.68 Å². The van der Waals surface area contributed by atoms with Crippen LogP contribution < -0.4 is 5.32 Å². The van der Waals surface area contributed by atoms with Crippen molar-refractivity contribution in [3.63, 3.8) is 0 Å². The van der Waals surface area contributed by atoms with Crippen LogP contribution in [0.3, 0.4) is 0 Å². The predicted octanol–water partition coefficient (Wildman–Crippen LogP) is 2.52. The average Bonchev–Trinajstić information content (AvgIpc) is 2.58. The van der Waals surface area contributed by atoms with Crippen LogP contribution in [0.2, 0.25) is 0 Å². The van der Waals surface area contributed by atoms with Gasteiger partial charge in [0, 0.05) is 19.3 Å². The third kappa shape index (κ3) is 3.56. The normalized spacial score (nSPS) is 25.8. The topological polar surface area (TPSA) is 29.9 Å². The Bertz CT molecular complexity index is 332. The summed E-state index contributed by atoms with van der Waals surface area (Å²) in [5, 5.41) is 8.19. The smallest absolute Gasteiger partial charge is 0.0627 e. The first-order chi connectivity index (χ1) is 8.29. The lowest BCUT2D eigenvalue weighted by Gasteiger charge is -2.25. The van der Waals surface area contributed by atoms with Gasteiger partial charge < -0.3 is 5.32 Å². The van der Waals surface area contributed by atoms with Gasteiger partial charge in [-0.2, -0.15) is 5.10 Å². The Labute approximate surface area is 105 Å².